The minimum absolute atomic E-state index is 0.578. The van der Waals surface area contributed by atoms with Crippen molar-refractivity contribution in [1.29, 1.82) is 0 Å². The van der Waals surface area contributed by atoms with E-state index in [9.17, 15) is 0 Å². The summed E-state index contributed by atoms with van der Waals surface area (Å²) in [6.45, 7) is 0. The van der Waals surface area contributed by atoms with Gasteiger partial charge in [0, 0.05) is 44.3 Å². The van der Waals surface area contributed by atoms with Crippen LogP contribution in [0.25, 0.3) is 127 Å². The number of furan rings is 1. The summed E-state index contributed by atoms with van der Waals surface area (Å²) in [5.74, 6) is 1.80. The molecule has 0 aliphatic rings. The van der Waals surface area contributed by atoms with Crippen molar-refractivity contribution < 1.29 is 4.42 Å². The standard InChI is InChI=1S/C55H32N4O/c1-2-16-35-30-49-44(28-34(35)15-1)41-23-9-11-26-48(41)59(49)50-32-52-45(42-24-10-12-27-51(42)60-52)31-47(50)55-57-53(43-25-13-18-33-14-3-5-19-37(33)43)56-54(58-55)46-29-36-17-4-6-20-38(36)39-21-7-8-22-40(39)46/h1-32H. The lowest BCUT2D eigenvalue weighted by molar-refractivity contribution is 0.668. The normalized spacial score (nSPS) is 12.0. The van der Waals surface area contributed by atoms with Gasteiger partial charge in [0.1, 0.15) is 11.2 Å². The van der Waals surface area contributed by atoms with Crippen LogP contribution < -0.4 is 0 Å². The van der Waals surface area contributed by atoms with Crippen LogP contribution in [0.5, 0.6) is 0 Å². The third-order valence-corrected chi connectivity index (χ3v) is 12.2. The van der Waals surface area contributed by atoms with Gasteiger partial charge in [-0.25, -0.2) is 15.0 Å². The summed E-state index contributed by atoms with van der Waals surface area (Å²) in [4.78, 5) is 16.4. The van der Waals surface area contributed by atoms with Crippen LogP contribution in [0.3, 0.4) is 0 Å². The Kier molecular flexibility index (Phi) is 6.95. The molecule has 0 atom stereocenters. The van der Waals surface area contributed by atoms with E-state index in [1.54, 1.807) is 0 Å². The molecule has 0 saturated carbocycles. The third kappa shape index (κ3) is 4.90. The minimum Gasteiger partial charge on any atom is -0.456 e. The van der Waals surface area contributed by atoms with Gasteiger partial charge in [0.15, 0.2) is 17.5 Å². The van der Waals surface area contributed by atoms with E-state index in [0.717, 1.165) is 82.3 Å². The smallest absolute Gasteiger partial charge is 0.166 e. The summed E-state index contributed by atoms with van der Waals surface area (Å²) in [6.07, 6.45) is 0. The first-order chi connectivity index (χ1) is 29.7. The van der Waals surface area contributed by atoms with Crippen molar-refractivity contribution in [1.82, 2.24) is 19.5 Å². The molecule has 0 fully saturated rings. The zero-order valence-corrected chi connectivity index (χ0v) is 32.2. The molecular weight excluding hydrogens is 733 g/mol. The maximum absolute atomic E-state index is 6.63. The number of benzene rings is 10. The molecule has 10 aromatic carbocycles. The van der Waals surface area contributed by atoms with E-state index in [1.165, 1.54) is 26.9 Å². The summed E-state index contributed by atoms with van der Waals surface area (Å²) in [6, 6.07) is 68.6. The Labute approximate surface area is 343 Å². The van der Waals surface area contributed by atoms with E-state index in [4.69, 9.17) is 19.4 Å². The van der Waals surface area contributed by atoms with Crippen molar-refractivity contribution in [2.24, 2.45) is 0 Å². The van der Waals surface area contributed by atoms with E-state index in [-0.39, 0.29) is 0 Å². The Morgan fingerprint density at radius 3 is 1.70 bits per heavy atom. The Morgan fingerprint density at radius 1 is 0.300 bits per heavy atom. The van der Waals surface area contributed by atoms with Gasteiger partial charge >= 0.3 is 0 Å². The Bertz CT molecular complexity index is 3910. The van der Waals surface area contributed by atoms with Crippen LogP contribution in [-0.4, -0.2) is 19.5 Å². The highest BCUT2D eigenvalue weighted by atomic mass is 16.3. The van der Waals surface area contributed by atoms with Gasteiger partial charge in [-0.3, -0.25) is 0 Å². The van der Waals surface area contributed by atoms with Gasteiger partial charge in [0.2, 0.25) is 0 Å². The molecular formula is C55H32N4O. The van der Waals surface area contributed by atoms with Crippen molar-refractivity contribution in [2.75, 3.05) is 0 Å². The summed E-state index contributed by atoms with van der Waals surface area (Å²) in [5, 5.41) is 13.5. The molecule has 0 aliphatic heterocycles. The molecule has 0 bridgehead atoms. The number of hydrogen-bond acceptors (Lipinski definition) is 4. The van der Waals surface area contributed by atoms with Crippen LogP contribution in [0.15, 0.2) is 199 Å². The number of rotatable bonds is 4. The molecule has 3 aromatic heterocycles. The van der Waals surface area contributed by atoms with Gasteiger partial charge < -0.3 is 8.98 Å². The van der Waals surface area contributed by atoms with Crippen LogP contribution in [0.2, 0.25) is 0 Å². The van der Waals surface area contributed by atoms with Crippen LogP contribution in [0.1, 0.15) is 0 Å². The fourth-order valence-corrected chi connectivity index (χ4v) is 9.44. The molecule has 278 valence electrons. The number of fused-ring (bicyclic) bond motifs is 11. The maximum atomic E-state index is 6.63. The maximum Gasteiger partial charge on any atom is 0.166 e. The molecule has 5 nitrogen and oxygen atoms in total. The van der Waals surface area contributed by atoms with E-state index in [1.807, 2.05) is 12.1 Å². The lowest BCUT2D eigenvalue weighted by Gasteiger charge is -2.16. The number of nitrogens with zero attached hydrogens (tertiary/aromatic N) is 4. The predicted molar refractivity (Wildman–Crippen MR) is 248 cm³/mol. The largest absolute Gasteiger partial charge is 0.456 e. The second-order valence-electron chi connectivity index (χ2n) is 15.6. The number of para-hydroxylation sites is 2. The molecule has 0 spiro atoms. The molecule has 13 rings (SSSR count). The first kappa shape index (κ1) is 32.9. The lowest BCUT2D eigenvalue weighted by Crippen LogP contribution is -2.04. The summed E-state index contributed by atoms with van der Waals surface area (Å²) >= 11 is 0. The SMILES string of the molecule is c1ccc2cc3c(cc2c1)c1ccccc1n3-c1cc2oc3ccccc3c2cc1-c1nc(-c2cccc3ccccc23)nc(-c2cc3ccccc3c3ccccc23)n1. The summed E-state index contributed by atoms with van der Waals surface area (Å²) < 4.78 is 9.00. The number of hydrogen-bond donors (Lipinski definition) is 0. The minimum atomic E-state index is 0.578. The molecule has 0 amide bonds. The monoisotopic (exact) mass is 764 g/mol. The lowest BCUT2D eigenvalue weighted by atomic mass is 9.96. The highest BCUT2D eigenvalue weighted by Crippen LogP contribution is 2.42. The molecule has 60 heavy (non-hydrogen) atoms. The highest BCUT2D eigenvalue weighted by molar-refractivity contribution is 6.16. The van der Waals surface area contributed by atoms with Gasteiger partial charge in [0.25, 0.3) is 0 Å². The first-order valence-corrected chi connectivity index (χ1v) is 20.3. The highest BCUT2D eigenvalue weighted by Gasteiger charge is 2.23. The summed E-state index contributed by atoms with van der Waals surface area (Å²) in [7, 11) is 0. The first-order valence-electron chi connectivity index (χ1n) is 20.3. The van der Waals surface area contributed by atoms with Crippen molar-refractivity contribution >= 4 is 86.8 Å². The van der Waals surface area contributed by atoms with Crippen molar-refractivity contribution in [3.63, 3.8) is 0 Å². The fourth-order valence-electron chi connectivity index (χ4n) is 9.44. The van der Waals surface area contributed by atoms with Gasteiger partial charge in [-0.15, -0.1) is 0 Å². The average Bonchev–Trinajstić information content (AvgIpc) is 3.84. The topological polar surface area (TPSA) is 56.7 Å². The molecule has 0 radical (unpaired) electrons. The Morgan fingerprint density at radius 2 is 0.883 bits per heavy atom. The van der Waals surface area contributed by atoms with Crippen LogP contribution in [0.4, 0.5) is 0 Å². The van der Waals surface area contributed by atoms with Gasteiger partial charge in [-0.2, -0.15) is 0 Å². The van der Waals surface area contributed by atoms with E-state index in [2.05, 4.69) is 187 Å². The van der Waals surface area contributed by atoms with Crippen LogP contribution >= 0.6 is 0 Å². The molecule has 5 heteroatoms. The Hall–Kier alpha value is -8.15. The van der Waals surface area contributed by atoms with Crippen molar-refractivity contribution in [3.8, 4) is 39.9 Å². The zero-order chi connectivity index (χ0) is 39.3. The molecule has 0 saturated heterocycles. The van der Waals surface area contributed by atoms with E-state index in [0.29, 0.717) is 17.5 Å². The third-order valence-electron chi connectivity index (χ3n) is 12.2. The molecule has 3 heterocycles. The van der Waals surface area contributed by atoms with Crippen molar-refractivity contribution in [2.45, 2.75) is 0 Å². The predicted octanol–water partition coefficient (Wildman–Crippen LogP) is 14.5. The second kappa shape index (κ2) is 12.7. The molecule has 0 N–H and O–H groups in total. The van der Waals surface area contributed by atoms with Gasteiger partial charge in [-0.05, 0) is 79.5 Å². The van der Waals surface area contributed by atoms with Crippen LogP contribution in [0, 0.1) is 0 Å². The van der Waals surface area contributed by atoms with Crippen LogP contribution in [-0.2, 0) is 0 Å². The Balaban J connectivity index is 1.18. The van der Waals surface area contributed by atoms with E-state index < -0.39 is 0 Å². The quantitative estimate of drug-likeness (QED) is 0.167. The summed E-state index contributed by atoms with van der Waals surface area (Å²) in [5.41, 5.74) is 7.51. The molecule has 0 unspecified atom stereocenters. The fraction of sp³-hybridized carbons (Fsp3) is 0. The second-order valence-corrected chi connectivity index (χ2v) is 15.6. The number of aromatic nitrogens is 4. The van der Waals surface area contributed by atoms with Gasteiger partial charge in [-0.1, -0.05) is 152 Å². The van der Waals surface area contributed by atoms with E-state index >= 15 is 0 Å². The van der Waals surface area contributed by atoms with Gasteiger partial charge in [0.05, 0.1) is 16.7 Å². The molecule has 0 aliphatic carbocycles. The van der Waals surface area contributed by atoms with Crippen molar-refractivity contribution in [3.05, 3.63) is 194 Å². The average molecular weight is 765 g/mol. The zero-order valence-electron chi connectivity index (χ0n) is 32.2. The molecule has 13 aromatic rings.